The Balaban J connectivity index is 1.71. The number of benzene rings is 1. The number of carbonyl (C=O) groups is 1. The van der Waals surface area contributed by atoms with Gasteiger partial charge in [-0.25, -0.2) is 4.39 Å². The fourth-order valence-electron chi connectivity index (χ4n) is 3.96. The lowest BCUT2D eigenvalue weighted by atomic mass is 9.69. The summed E-state index contributed by atoms with van der Waals surface area (Å²) < 4.78 is 19.9. The predicted octanol–water partition coefficient (Wildman–Crippen LogP) is 4.12. The van der Waals surface area contributed by atoms with Gasteiger partial charge in [0.15, 0.2) is 10.9 Å². The molecule has 1 saturated carbocycles. The lowest BCUT2D eigenvalue weighted by molar-refractivity contribution is 0.0996. The molecule has 136 valence electrons. The average Bonchev–Trinajstić information content (AvgIpc) is 3.18. The zero-order chi connectivity index (χ0) is 18.1. The van der Waals surface area contributed by atoms with Crippen molar-refractivity contribution in [1.82, 2.24) is 0 Å². The molecule has 2 heterocycles. The predicted molar refractivity (Wildman–Crippen MR) is 101 cm³/mol. The quantitative estimate of drug-likeness (QED) is 0.848. The Labute approximate surface area is 155 Å². The van der Waals surface area contributed by atoms with Crippen LogP contribution in [0, 0.1) is 11.7 Å². The van der Waals surface area contributed by atoms with E-state index in [-0.39, 0.29) is 23.4 Å². The largest absolute Gasteiger partial charge is 0.459 e. The van der Waals surface area contributed by atoms with Crippen LogP contribution in [0.5, 0.6) is 0 Å². The number of carbonyl (C=O) groups excluding carboxylic acids is 1. The maximum absolute atomic E-state index is 14.8. The minimum atomic E-state index is -0.636. The molecule has 1 aromatic heterocycles. The fourth-order valence-corrected chi connectivity index (χ4v) is 5.00. The zero-order valence-electron chi connectivity index (χ0n) is 14.2. The van der Waals surface area contributed by atoms with Crippen molar-refractivity contribution in [1.29, 1.82) is 0 Å². The molecular weight excluding hydrogens is 353 g/mol. The second-order valence-electron chi connectivity index (χ2n) is 6.75. The van der Waals surface area contributed by atoms with Gasteiger partial charge in [0, 0.05) is 17.0 Å². The fraction of sp³-hybridized carbons (Fsp3) is 0.368. The number of nitrogens with zero attached hydrogens (tertiary/aromatic N) is 1. The van der Waals surface area contributed by atoms with E-state index in [1.165, 1.54) is 24.1 Å². The highest BCUT2D eigenvalue weighted by molar-refractivity contribution is 8.13. The molecule has 5 nitrogen and oxygen atoms in total. The number of rotatable bonds is 3. The first-order valence-electron chi connectivity index (χ1n) is 8.71. The van der Waals surface area contributed by atoms with Crippen molar-refractivity contribution in [2.45, 2.75) is 31.2 Å². The summed E-state index contributed by atoms with van der Waals surface area (Å²) in [7, 11) is 0. The van der Waals surface area contributed by atoms with E-state index < -0.39 is 5.54 Å². The standard InChI is InChI=1S/C19H20FN3O2S/c20-15-7-6-13(22-17(24)16-5-3-9-25-16)10-14(15)19-8-2-1-4-12(19)11-26-18(21)23-19/h3,5-7,9-10,12H,1-2,4,8,11H2,(H2,21,23)(H,22,24)/t12-,19-/m0/s1. The number of furan rings is 1. The molecule has 1 aliphatic carbocycles. The van der Waals surface area contributed by atoms with Gasteiger partial charge in [-0.2, -0.15) is 0 Å². The summed E-state index contributed by atoms with van der Waals surface area (Å²) >= 11 is 1.54. The van der Waals surface area contributed by atoms with Gasteiger partial charge in [0.25, 0.3) is 5.91 Å². The van der Waals surface area contributed by atoms with E-state index in [0.717, 1.165) is 31.4 Å². The number of anilines is 1. The van der Waals surface area contributed by atoms with Crippen LogP contribution in [-0.4, -0.2) is 16.8 Å². The van der Waals surface area contributed by atoms with Gasteiger partial charge >= 0.3 is 0 Å². The van der Waals surface area contributed by atoms with E-state index >= 15 is 0 Å². The number of amidine groups is 1. The van der Waals surface area contributed by atoms with Gasteiger partial charge in [0.1, 0.15) is 5.82 Å². The molecule has 3 N–H and O–H groups in total. The highest BCUT2D eigenvalue weighted by Gasteiger charge is 2.46. The number of hydrogen-bond donors (Lipinski definition) is 2. The lowest BCUT2D eigenvalue weighted by Gasteiger charge is -2.44. The van der Waals surface area contributed by atoms with Crippen molar-refractivity contribution in [2.24, 2.45) is 16.6 Å². The maximum Gasteiger partial charge on any atom is 0.291 e. The Kier molecular flexibility index (Phi) is 4.48. The molecule has 1 aliphatic heterocycles. The molecule has 0 unspecified atom stereocenters. The van der Waals surface area contributed by atoms with Gasteiger partial charge < -0.3 is 15.5 Å². The number of thioether (sulfide) groups is 1. The van der Waals surface area contributed by atoms with Crippen molar-refractivity contribution < 1.29 is 13.6 Å². The number of amides is 1. The molecule has 26 heavy (non-hydrogen) atoms. The summed E-state index contributed by atoms with van der Waals surface area (Å²) in [6, 6.07) is 7.87. The van der Waals surface area contributed by atoms with Crippen LogP contribution in [0.4, 0.5) is 10.1 Å². The minimum absolute atomic E-state index is 0.209. The van der Waals surface area contributed by atoms with E-state index in [0.29, 0.717) is 16.4 Å². The number of hydrogen-bond acceptors (Lipinski definition) is 5. The Morgan fingerprint density at radius 3 is 3.08 bits per heavy atom. The molecule has 2 atom stereocenters. The molecule has 7 heteroatoms. The summed E-state index contributed by atoms with van der Waals surface area (Å²) in [6.07, 6.45) is 5.32. The van der Waals surface area contributed by atoms with Crippen molar-refractivity contribution in [3.05, 3.63) is 53.7 Å². The first-order chi connectivity index (χ1) is 12.6. The molecule has 0 bridgehead atoms. The van der Waals surface area contributed by atoms with Crippen LogP contribution in [0.25, 0.3) is 0 Å². The second-order valence-corrected chi connectivity index (χ2v) is 7.79. The minimum Gasteiger partial charge on any atom is -0.459 e. The van der Waals surface area contributed by atoms with Crippen molar-refractivity contribution >= 4 is 28.5 Å². The third-order valence-electron chi connectivity index (χ3n) is 5.21. The summed E-state index contributed by atoms with van der Waals surface area (Å²) in [5, 5.41) is 3.28. The molecular formula is C19H20FN3O2S. The Bertz CT molecular complexity index is 852. The third kappa shape index (κ3) is 3.00. The third-order valence-corrected chi connectivity index (χ3v) is 6.17. The average molecular weight is 373 g/mol. The first-order valence-corrected chi connectivity index (χ1v) is 9.70. The number of aliphatic imine (C=N–C) groups is 1. The monoisotopic (exact) mass is 373 g/mol. The van der Waals surface area contributed by atoms with Crippen LogP contribution >= 0.6 is 11.8 Å². The number of halogens is 1. The summed E-state index contributed by atoms with van der Waals surface area (Å²) in [5.74, 6) is 0.626. The lowest BCUT2D eigenvalue weighted by Crippen LogP contribution is -2.43. The Morgan fingerprint density at radius 2 is 2.27 bits per heavy atom. The zero-order valence-corrected chi connectivity index (χ0v) is 15.0. The van der Waals surface area contributed by atoms with E-state index in [1.807, 2.05) is 0 Å². The number of nitrogens with two attached hydrogens (primary N) is 1. The van der Waals surface area contributed by atoms with Gasteiger partial charge in [0.2, 0.25) is 0 Å². The molecule has 0 spiro atoms. The molecule has 2 aliphatic rings. The van der Waals surface area contributed by atoms with Crippen molar-refractivity contribution in [3.8, 4) is 0 Å². The highest BCUT2D eigenvalue weighted by Crippen LogP contribution is 2.50. The normalized spacial score (nSPS) is 25.3. The van der Waals surface area contributed by atoms with Crippen LogP contribution in [0.15, 0.2) is 46.0 Å². The van der Waals surface area contributed by atoms with Crippen LogP contribution in [-0.2, 0) is 5.54 Å². The van der Waals surface area contributed by atoms with Gasteiger partial charge in [-0.1, -0.05) is 24.6 Å². The highest BCUT2D eigenvalue weighted by atomic mass is 32.2. The SMILES string of the molecule is NC1=N[C@@]2(c3cc(NC(=O)c4ccco4)ccc3F)CCCC[C@H]2CS1. The summed E-state index contributed by atoms with van der Waals surface area (Å²) in [6.45, 7) is 0. The first kappa shape index (κ1) is 17.1. The van der Waals surface area contributed by atoms with Crippen molar-refractivity contribution in [2.75, 3.05) is 11.1 Å². The van der Waals surface area contributed by atoms with Gasteiger partial charge in [-0.05, 0) is 49.1 Å². The van der Waals surface area contributed by atoms with Gasteiger partial charge in [0.05, 0.1) is 11.8 Å². The Hall–Kier alpha value is -2.28. The molecule has 0 radical (unpaired) electrons. The second kappa shape index (κ2) is 6.79. The van der Waals surface area contributed by atoms with Gasteiger partial charge in [-0.3, -0.25) is 9.79 Å². The van der Waals surface area contributed by atoms with E-state index in [2.05, 4.69) is 5.32 Å². The molecule has 4 rings (SSSR count). The van der Waals surface area contributed by atoms with E-state index in [9.17, 15) is 9.18 Å². The number of fused-ring (bicyclic) bond motifs is 1. The van der Waals surface area contributed by atoms with Crippen molar-refractivity contribution in [3.63, 3.8) is 0 Å². The smallest absolute Gasteiger partial charge is 0.291 e. The van der Waals surface area contributed by atoms with Crippen LogP contribution in [0.3, 0.4) is 0 Å². The molecule has 1 aromatic carbocycles. The molecule has 1 amide bonds. The maximum atomic E-state index is 14.8. The Morgan fingerprint density at radius 1 is 1.38 bits per heavy atom. The van der Waals surface area contributed by atoms with E-state index in [4.69, 9.17) is 15.1 Å². The summed E-state index contributed by atoms with van der Waals surface area (Å²) in [4.78, 5) is 17.0. The molecule has 1 fully saturated rings. The number of nitrogens with one attached hydrogen (secondary N) is 1. The van der Waals surface area contributed by atoms with Crippen LogP contribution in [0.1, 0.15) is 41.8 Å². The molecule has 2 aromatic rings. The molecule has 0 saturated heterocycles. The topological polar surface area (TPSA) is 80.6 Å². The van der Waals surface area contributed by atoms with E-state index in [1.54, 1.807) is 24.3 Å². The van der Waals surface area contributed by atoms with Crippen LogP contribution in [0.2, 0.25) is 0 Å². The summed E-state index contributed by atoms with van der Waals surface area (Å²) in [5.41, 5.74) is 6.41. The van der Waals surface area contributed by atoms with Gasteiger partial charge in [-0.15, -0.1) is 0 Å². The van der Waals surface area contributed by atoms with Crippen LogP contribution < -0.4 is 11.1 Å².